The highest BCUT2D eigenvalue weighted by Crippen LogP contribution is 2.26. The molecule has 0 bridgehead atoms. The Labute approximate surface area is 137 Å². The van der Waals surface area contributed by atoms with Gasteiger partial charge in [0.25, 0.3) is 0 Å². The molecule has 2 aromatic rings. The molecule has 0 aliphatic carbocycles. The normalized spacial score (nSPS) is 10.4. The van der Waals surface area contributed by atoms with Gasteiger partial charge in [0.2, 0.25) is 0 Å². The number of ketones is 1. The molecule has 0 spiro atoms. The minimum Gasteiger partial charge on any atom is -0.289 e. The molecule has 0 atom stereocenters. The van der Waals surface area contributed by atoms with E-state index >= 15 is 0 Å². The minimum atomic E-state index is -0.109. The fraction of sp³-hybridized carbons (Fsp3) is 0. The molecule has 0 aliphatic heterocycles. The minimum absolute atomic E-state index is 0.109. The summed E-state index contributed by atoms with van der Waals surface area (Å²) >= 11 is 17.4. The van der Waals surface area contributed by atoms with Crippen LogP contribution in [0.3, 0.4) is 0 Å². The summed E-state index contributed by atoms with van der Waals surface area (Å²) in [5.41, 5.74) is 1.08. The molecule has 0 N–H and O–H groups in total. The van der Waals surface area contributed by atoms with Gasteiger partial charge in [-0.25, -0.2) is 0 Å². The summed E-state index contributed by atoms with van der Waals surface area (Å²) in [7, 11) is 0. The van der Waals surface area contributed by atoms with E-state index in [-0.39, 0.29) is 5.78 Å². The number of carbonyl (C=O) groups excluding carboxylic acids is 1. The first kappa shape index (κ1) is 14.3. The number of halogens is 4. The van der Waals surface area contributed by atoms with Crippen LogP contribution in [0.4, 0.5) is 0 Å². The van der Waals surface area contributed by atoms with Gasteiger partial charge in [0.1, 0.15) is 0 Å². The lowest BCUT2D eigenvalue weighted by Gasteiger charge is -2.06. The summed E-state index contributed by atoms with van der Waals surface area (Å²) < 4.78 is 1.74. The van der Waals surface area contributed by atoms with E-state index in [1.165, 1.54) is 0 Å². The van der Waals surface area contributed by atoms with E-state index in [9.17, 15) is 4.79 Å². The zero-order valence-electron chi connectivity index (χ0n) is 8.88. The Balaban J connectivity index is 2.51. The second kappa shape index (κ2) is 5.90. The van der Waals surface area contributed by atoms with Gasteiger partial charge in [-0.05, 0) is 59.0 Å². The van der Waals surface area contributed by atoms with E-state index in [0.717, 1.165) is 8.04 Å². The third kappa shape index (κ3) is 3.07. The Morgan fingerprint density at radius 3 is 2.44 bits per heavy atom. The van der Waals surface area contributed by atoms with Crippen LogP contribution in [0, 0.1) is 3.57 Å². The molecule has 0 aromatic heterocycles. The van der Waals surface area contributed by atoms with E-state index in [4.69, 9.17) is 23.2 Å². The molecule has 0 unspecified atom stereocenters. The van der Waals surface area contributed by atoms with Gasteiger partial charge >= 0.3 is 0 Å². The van der Waals surface area contributed by atoms with Crippen LogP contribution in [0.15, 0.2) is 40.9 Å². The lowest BCUT2D eigenvalue weighted by molar-refractivity contribution is 0.103. The maximum Gasteiger partial charge on any atom is 0.195 e. The Bertz CT molecular complexity index is 628. The Kier molecular flexibility index (Phi) is 4.69. The van der Waals surface area contributed by atoms with Crippen LogP contribution in [0.5, 0.6) is 0 Å². The first-order valence-electron chi connectivity index (χ1n) is 4.94. The van der Waals surface area contributed by atoms with Gasteiger partial charge in [-0.15, -0.1) is 0 Å². The van der Waals surface area contributed by atoms with Crippen molar-refractivity contribution in [3.63, 3.8) is 0 Å². The molecule has 5 heteroatoms. The maximum absolute atomic E-state index is 12.4. The van der Waals surface area contributed by atoms with Gasteiger partial charge in [0.15, 0.2) is 5.78 Å². The number of rotatable bonds is 2. The molecule has 0 amide bonds. The first-order valence-corrected chi connectivity index (χ1v) is 7.56. The van der Waals surface area contributed by atoms with Crippen molar-refractivity contribution in [2.24, 2.45) is 0 Å². The van der Waals surface area contributed by atoms with Gasteiger partial charge in [0.05, 0.1) is 5.02 Å². The Morgan fingerprint density at radius 1 is 1.06 bits per heavy atom. The Morgan fingerprint density at radius 2 is 1.78 bits per heavy atom. The van der Waals surface area contributed by atoms with Crippen LogP contribution in [-0.4, -0.2) is 5.78 Å². The molecular formula is C13H6BrCl2IO. The topological polar surface area (TPSA) is 17.1 Å². The first-order chi connectivity index (χ1) is 8.49. The highest BCUT2D eigenvalue weighted by Gasteiger charge is 2.16. The van der Waals surface area contributed by atoms with Crippen molar-refractivity contribution in [1.82, 2.24) is 0 Å². The van der Waals surface area contributed by atoms with Crippen LogP contribution in [-0.2, 0) is 0 Å². The van der Waals surface area contributed by atoms with Crippen LogP contribution >= 0.6 is 61.7 Å². The van der Waals surface area contributed by atoms with E-state index < -0.39 is 0 Å². The SMILES string of the molecule is O=C(c1ccc(Cl)cc1Cl)c1cc(Br)ccc1I. The van der Waals surface area contributed by atoms with Crippen molar-refractivity contribution >= 4 is 67.5 Å². The second-order valence-electron chi connectivity index (χ2n) is 3.58. The predicted molar refractivity (Wildman–Crippen MR) is 86.8 cm³/mol. The average Bonchev–Trinajstić information content (AvgIpc) is 2.31. The summed E-state index contributed by atoms with van der Waals surface area (Å²) in [6, 6.07) is 10.4. The van der Waals surface area contributed by atoms with Gasteiger partial charge in [0, 0.05) is 24.2 Å². The number of carbonyl (C=O) groups is 1. The molecule has 2 rings (SSSR count). The number of hydrogen-bond donors (Lipinski definition) is 0. The third-order valence-electron chi connectivity index (χ3n) is 2.35. The molecule has 0 heterocycles. The molecule has 0 aliphatic rings. The fourth-order valence-corrected chi connectivity index (χ4v) is 2.93. The highest BCUT2D eigenvalue weighted by atomic mass is 127. The molecular weight excluding hydrogens is 450 g/mol. The molecule has 1 nitrogen and oxygen atoms in total. The largest absolute Gasteiger partial charge is 0.289 e. The van der Waals surface area contributed by atoms with E-state index in [0.29, 0.717) is 21.2 Å². The van der Waals surface area contributed by atoms with E-state index in [1.807, 2.05) is 12.1 Å². The number of benzene rings is 2. The van der Waals surface area contributed by atoms with Crippen molar-refractivity contribution in [2.75, 3.05) is 0 Å². The lowest BCUT2D eigenvalue weighted by Crippen LogP contribution is -2.04. The van der Waals surface area contributed by atoms with Crippen LogP contribution in [0.25, 0.3) is 0 Å². The number of hydrogen-bond acceptors (Lipinski definition) is 1. The lowest BCUT2D eigenvalue weighted by atomic mass is 10.0. The van der Waals surface area contributed by atoms with Crippen molar-refractivity contribution in [2.45, 2.75) is 0 Å². The van der Waals surface area contributed by atoms with Crippen LogP contribution < -0.4 is 0 Å². The second-order valence-corrected chi connectivity index (χ2v) is 6.50. The van der Waals surface area contributed by atoms with E-state index in [1.54, 1.807) is 24.3 Å². The van der Waals surface area contributed by atoms with Crippen molar-refractivity contribution in [3.05, 3.63) is 65.6 Å². The van der Waals surface area contributed by atoms with E-state index in [2.05, 4.69) is 38.5 Å². The van der Waals surface area contributed by atoms with Crippen molar-refractivity contribution in [3.8, 4) is 0 Å². The third-order valence-corrected chi connectivity index (χ3v) is 4.33. The summed E-state index contributed by atoms with van der Waals surface area (Å²) in [6.45, 7) is 0. The standard InChI is InChI=1S/C13H6BrCl2IO/c14-7-1-4-12(17)10(5-7)13(18)9-3-2-8(15)6-11(9)16/h1-6H. The van der Waals surface area contributed by atoms with Gasteiger partial charge < -0.3 is 0 Å². The average molecular weight is 456 g/mol. The zero-order chi connectivity index (χ0) is 13.3. The van der Waals surface area contributed by atoms with Gasteiger partial charge in [-0.1, -0.05) is 39.1 Å². The summed E-state index contributed by atoms with van der Waals surface area (Å²) in [6.07, 6.45) is 0. The van der Waals surface area contributed by atoms with Crippen LogP contribution in [0.1, 0.15) is 15.9 Å². The maximum atomic E-state index is 12.4. The fourth-order valence-electron chi connectivity index (χ4n) is 1.49. The molecule has 0 saturated heterocycles. The summed E-state index contributed by atoms with van der Waals surface area (Å²) in [4.78, 5) is 12.4. The van der Waals surface area contributed by atoms with Gasteiger partial charge in [-0.2, -0.15) is 0 Å². The molecule has 18 heavy (non-hydrogen) atoms. The summed E-state index contributed by atoms with van der Waals surface area (Å²) in [5, 5.41) is 0.878. The smallest absolute Gasteiger partial charge is 0.195 e. The molecule has 0 fully saturated rings. The van der Waals surface area contributed by atoms with Crippen molar-refractivity contribution < 1.29 is 4.79 Å². The molecule has 2 aromatic carbocycles. The van der Waals surface area contributed by atoms with Crippen molar-refractivity contribution in [1.29, 1.82) is 0 Å². The highest BCUT2D eigenvalue weighted by molar-refractivity contribution is 14.1. The quantitative estimate of drug-likeness (QED) is 0.426. The predicted octanol–water partition coefficient (Wildman–Crippen LogP) is 5.59. The molecule has 0 saturated carbocycles. The summed E-state index contributed by atoms with van der Waals surface area (Å²) in [5.74, 6) is -0.109. The monoisotopic (exact) mass is 454 g/mol. The van der Waals surface area contributed by atoms with Gasteiger partial charge in [-0.3, -0.25) is 4.79 Å². The zero-order valence-corrected chi connectivity index (χ0v) is 14.1. The van der Waals surface area contributed by atoms with Crippen LogP contribution in [0.2, 0.25) is 10.0 Å². The Hall–Kier alpha value is -0.100. The molecule has 92 valence electrons. The molecule has 0 radical (unpaired) electrons.